The first-order valence-electron chi connectivity index (χ1n) is 7.26. The standard InChI is InChI=1S/C16H18N2O3S/c1-10(2)21-12-5-3-11(4-6-12)15(19)18-16-17-13-7-8-20-9-14(13)22-16/h3-6,10H,7-9H2,1-2H3,(H,17,18,19). The second-order valence-corrected chi connectivity index (χ2v) is 6.42. The van der Waals surface area contributed by atoms with E-state index in [0.717, 1.165) is 22.7 Å². The predicted octanol–water partition coefficient (Wildman–Crippen LogP) is 3.26. The van der Waals surface area contributed by atoms with Gasteiger partial charge in [0, 0.05) is 12.0 Å². The van der Waals surface area contributed by atoms with Crippen molar-refractivity contribution < 1.29 is 14.3 Å². The summed E-state index contributed by atoms with van der Waals surface area (Å²) in [7, 11) is 0. The van der Waals surface area contributed by atoms with E-state index >= 15 is 0 Å². The Hall–Kier alpha value is -1.92. The van der Waals surface area contributed by atoms with Gasteiger partial charge in [0.15, 0.2) is 5.13 Å². The Bertz CT molecular complexity index is 641. The third kappa shape index (κ3) is 3.45. The van der Waals surface area contributed by atoms with Gasteiger partial charge < -0.3 is 9.47 Å². The number of amides is 1. The van der Waals surface area contributed by atoms with E-state index in [2.05, 4.69) is 10.3 Å². The summed E-state index contributed by atoms with van der Waals surface area (Å²) in [6, 6.07) is 7.11. The molecule has 1 aromatic heterocycles. The Balaban J connectivity index is 1.67. The third-order valence-electron chi connectivity index (χ3n) is 3.20. The zero-order chi connectivity index (χ0) is 15.5. The summed E-state index contributed by atoms with van der Waals surface area (Å²) in [5.74, 6) is 0.594. The number of rotatable bonds is 4. The molecule has 0 aliphatic carbocycles. The van der Waals surface area contributed by atoms with Crippen LogP contribution in [0.3, 0.4) is 0 Å². The van der Waals surface area contributed by atoms with Crippen LogP contribution in [0, 0.1) is 0 Å². The fraction of sp³-hybridized carbons (Fsp3) is 0.375. The van der Waals surface area contributed by atoms with Crippen LogP contribution in [-0.2, 0) is 17.8 Å². The lowest BCUT2D eigenvalue weighted by Gasteiger charge is -2.09. The highest BCUT2D eigenvalue weighted by Crippen LogP contribution is 2.27. The van der Waals surface area contributed by atoms with Crippen LogP contribution < -0.4 is 10.1 Å². The Kier molecular flexibility index (Phi) is 4.40. The molecule has 0 radical (unpaired) electrons. The molecular weight excluding hydrogens is 300 g/mol. The molecule has 1 amide bonds. The first-order chi connectivity index (χ1) is 10.6. The summed E-state index contributed by atoms with van der Waals surface area (Å²) in [6.07, 6.45) is 0.923. The number of hydrogen-bond donors (Lipinski definition) is 1. The van der Waals surface area contributed by atoms with Crippen molar-refractivity contribution in [3.63, 3.8) is 0 Å². The Labute approximate surface area is 133 Å². The quantitative estimate of drug-likeness (QED) is 0.940. The summed E-state index contributed by atoms with van der Waals surface area (Å²) >= 11 is 1.48. The zero-order valence-electron chi connectivity index (χ0n) is 12.6. The van der Waals surface area contributed by atoms with Crippen LogP contribution in [0.15, 0.2) is 24.3 Å². The molecule has 0 saturated heterocycles. The van der Waals surface area contributed by atoms with Crippen molar-refractivity contribution in [2.24, 2.45) is 0 Å². The first kappa shape index (κ1) is 15.0. The normalized spacial score (nSPS) is 13.8. The number of aromatic nitrogens is 1. The van der Waals surface area contributed by atoms with E-state index in [0.29, 0.717) is 23.9 Å². The summed E-state index contributed by atoms with van der Waals surface area (Å²) < 4.78 is 11.0. The second kappa shape index (κ2) is 6.46. The molecule has 1 aromatic carbocycles. The first-order valence-corrected chi connectivity index (χ1v) is 8.08. The molecule has 1 aliphatic heterocycles. The molecule has 2 heterocycles. The van der Waals surface area contributed by atoms with Crippen molar-refractivity contribution in [1.29, 1.82) is 0 Å². The molecule has 0 spiro atoms. The molecule has 22 heavy (non-hydrogen) atoms. The van der Waals surface area contributed by atoms with Gasteiger partial charge in [0.25, 0.3) is 5.91 Å². The minimum atomic E-state index is -0.164. The average molecular weight is 318 g/mol. The average Bonchev–Trinajstić information content (AvgIpc) is 2.89. The number of thiazole rings is 1. The second-order valence-electron chi connectivity index (χ2n) is 5.34. The van der Waals surface area contributed by atoms with Crippen LogP contribution in [0.5, 0.6) is 5.75 Å². The fourth-order valence-electron chi connectivity index (χ4n) is 2.20. The van der Waals surface area contributed by atoms with Crippen LogP contribution in [0.2, 0.25) is 0 Å². The highest BCUT2D eigenvalue weighted by molar-refractivity contribution is 7.15. The molecule has 116 valence electrons. The molecule has 3 rings (SSSR count). The number of nitrogens with zero attached hydrogens (tertiary/aromatic N) is 1. The van der Waals surface area contributed by atoms with E-state index in [4.69, 9.17) is 9.47 Å². The van der Waals surface area contributed by atoms with Gasteiger partial charge in [-0.3, -0.25) is 10.1 Å². The maximum absolute atomic E-state index is 12.2. The molecule has 5 nitrogen and oxygen atoms in total. The largest absolute Gasteiger partial charge is 0.491 e. The highest BCUT2D eigenvalue weighted by atomic mass is 32.1. The fourth-order valence-corrected chi connectivity index (χ4v) is 3.15. The molecule has 1 N–H and O–H groups in total. The van der Waals surface area contributed by atoms with Crippen molar-refractivity contribution >= 4 is 22.4 Å². The third-order valence-corrected chi connectivity index (χ3v) is 4.19. The molecular formula is C16H18N2O3S. The lowest BCUT2D eigenvalue weighted by atomic mass is 10.2. The van der Waals surface area contributed by atoms with Gasteiger partial charge in [0.1, 0.15) is 5.75 Å². The highest BCUT2D eigenvalue weighted by Gasteiger charge is 2.17. The van der Waals surface area contributed by atoms with Gasteiger partial charge in [-0.15, -0.1) is 0 Å². The van der Waals surface area contributed by atoms with Crippen LogP contribution in [0.4, 0.5) is 5.13 Å². The minimum Gasteiger partial charge on any atom is -0.491 e. The summed E-state index contributed by atoms with van der Waals surface area (Å²) in [6.45, 7) is 5.22. The monoisotopic (exact) mass is 318 g/mol. The molecule has 0 unspecified atom stereocenters. The van der Waals surface area contributed by atoms with Gasteiger partial charge in [0.2, 0.25) is 0 Å². The number of carbonyl (C=O) groups is 1. The molecule has 6 heteroatoms. The van der Waals surface area contributed by atoms with E-state index in [9.17, 15) is 4.79 Å². The summed E-state index contributed by atoms with van der Waals surface area (Å²) in [5.41, 5.74) is 1.62. The topological polar surface area (TPSA) is 60.5 Å². The summed E-state index contributed by atoms with van der Waals surface area (Å²) in [4.78, 5) is 17.8. The number of anilines is 1. The number of hydrogen-bond acceptors (Lipinski definition) is 5. The van der Waals surface area contributed by atoms with Crippen molar-refractivity contribution in [1.82, 2.24) is 4.98 Å². The van der Waals surface area contributed by atoms with Crippen LogP contribution in [-0.4, -0.2) is 23.6 Å². The van der Waals surface area contributed by atoms with Crippen molar-refractivity contribution in [3.8, 4) is 5.75 Å². The van der Waals surface area contributed by atoms with E-state index in [1.807, 2.05) is 13.8 Å². The van der Waals surface area contributed by atoms with E-state index in [1.54, 1.807) is 24.3 Å². The van der Waals surface area contributed by atoms with Gasteiger partial charge in [0.05, 0.1) is 29.9 Å². The van der Waals surface area contributed by atoms with Crippen molar-refractivity contribution in [2.75, 3.05) is 11.9 Å². The number of benzene rings is 1. The van der Waals surface area contributed by atoms with Crippen molar-refractivity contribution in [3.05, 3.63) is 40.4 Å². The minimum absolute atomic E-state index is 0.114. The number of nitrogens with one attached hydrogen (secondary N) is 1. The smallest absolute Gasteiger partial charge is 0.257 e. The molecule has 2 aromatic rings. The molecule has 1 aliphatic rings. The number of fused-ring (bicyclic) bond motifs is 1. The van der Waals surface area contributed by atoms with Crippen LogP contribution in [0.1, 0.15) is 34.8 Å². The van der Waals surface area contributed by atoms with Crippen LogP contribution in [0.25, 0.3) is 0 Å². The lowest BCUT2D eigenvalue weighted by Crippen LogP contribution is -2.12. The van der Waals surface area contributed by atoms with E-state index < -0.39 is 0 Å². The maximum atomic E-state index is 12.2. The van der Waals surface area contributed by atoms with E-state index in [1.165, 1.54) is 11.3 Å². The Morgan fingerprint density at radius 1 is 1.36 bits per heavy atom. The molecule has 0 bridgehead atoms. The molecule has 0 fully saturated rings. The Morgan fingerprint density at radius 3 is 2.82 bits per heavy atom. The van der Waals surface area contributed by atoms with Gasteiger partial charge in [-0.05, 0) is 38.1 Å². The van der Waals surface area contributed by atoms with E-state index in [-0.39, 0.29) is 12.0 Å². The Morgan fingerprint density at radius 2 is 2.14 bits per heavy atom. The SMILES string of the molecule is CC(C)Oc1ccc(C(=O)Nc2nc3c(s2)COCC3)cc1. The molecule has 0 saturated carbocycles. The van der Waals surface area contributed by atoms with Gasteiger partial charge >= 0.3 is 0 Å². The van der Waals surface area contributed by atoms with Crippen LogP contribution >= 0.6 is 11.3 Å². The van der Waals surface area contributed by atoms with Gasteiger partial charge in [-0.2, -0.15) is 0 Å². The maximum Gasteiger partial charge on any atom is 0.257 e. The number of carbonyl (C=O) groups excluding carboxylic acids is 1. The van der Waals surface area contributed by atoms with Gasteiger partial charge in [-0.1, -0.05) is 11.3 Å². The zero-order valence-corrected chi connectivity index (χ0v) is 13.4. The number of ether oxygens (including phenoxy) is 2. The molecule has 0 atom stereocenters. The van der Waals surface area contributed by atoms with Crippen molar-refractivity contribution in [2.45, 2.75) is 33.0 Å². The van der Waals surface area contributed by atoms with Gasteiger partial charge in [-0.25, -0.2) is 4.98 Å². The lowest BCUT2D eigenvalue weighted by molar-refractivity contribution is 0.102. The summed E-state index contributed by atoms with van der Waals surface area (Å²) in [5, 5.41) is 3.48. The predicted molar refractivity (Wildman–Crippen MR) is 85.6 cm³/mol.